The SMILES string of the molecule is O=C(Cc1ccc(Br)cn1)c1cc2c(s1)CCCCC2. The van der Waals surface area contributed by atoms with Crippen LogP contribution in [0.3, 0.4) is 0 Å². The molecule has 20 heavy (non-hydrogen) atoms. The zero-order valence-corrected chi connectivity index (χ0v) is 13.6. The van der Waals surface area contributed by atoms with Gasteiger partial charge in [0.25, 0.3) is 0 Å². The number of aromatic nitrogens is 1. The van der Waals surface area contributed by atoms with Crippen LogP contribution in [0.5, 0.6) is 0 Å². The van der Waals surface area contributed by atoms with Crippen molar-refractivity contribution in [2.75, 3.05) is 0 Å². The highest BCUT2D eigenvalue weighted by atomic mass is 79.9. The number of fused-ring (bicyclic) bond motifs is 1. The number of pyridine rings is 1. The first kappa shape index (κ1) is 14.0. The van der Waals surface area contributed by atoms with E-state index in [1.807, 2.05) is 12.1 Å². The third-order valence-corrected chi connectivity index (χ3v) is 5.40. The fourth-order valence-corrected chi connectivity index (χ4v) is 3.99. The molecule has 0 aliphatic heterocycles. The molecule has 0 radical (unpaired) electrons. The molecule has 0 amide bonds. The van der Waals surface area contributed by atoms with Crippen LogP contribution in [0.1, 0.15) is 45.1 Å². The van der Waals surface area contributed by atoms with Crippen molar-refractivity contribution in [1.29, 1.82) is 0 Å². The van der Waals surface area contributed by atoms with E-state index in [1.165, 1.54) is 29.7 Å². The maximum absolute atomic E-state index is 12.4. The summed E-state index contributed by atoms with van der Waals surface area (Å²) < 4.78 is 0.941. The minimum absolute atomic E-state index is 0.192. The number of carbonyl (C=O) groups excluding carboxylic acids is 1. The number of nitrogens with zero attached hydrogens (tertiary/aromatic N) is 1. The minimum atomic E-state index is 0.192. The molecule has 1 aliphatic rings. The number of ketones is 1. The molecular formula is C16H16BrNOS. The Morgan fingerprint density at radius 3 is 2.90 bits per heavy atom. The number of hydrogen-bond donors (Lipinski definition) is 0. The molecule has 2 aromatic rings. The number of halogens is 1. The van der Waals surface area contributed by atoms with Crippen molar-refractivity contribution < 1.29 is 4.79 Å². The minimum Gasteiger partial charge on any atom is -0.293 e. The number of Topliss-reactive ketones (excluding diaryl/α,β-unsaturated/α-hetero) is 1. The number of aryl methyl sites for hydroxylation is 2. The highest BCUT2D eigenvalue weighted by molar-refractivity contribution is 9.10. The number of rotatable bonds is 3. The predicted octanol–water partition coefficient (Wildman–Crippen LogP) is 4.60. The van der Waals surface area contributed by atoms with E-state index >= 15 is 0 Å². The number of hydrogen-bond acceptors (Lipinski definition) is 3. The van der Waals surface area contributed by atoms with Crippen LogP contribution in [0.25, 0.3) is 0 Å². The van der Waals surface area contributed by atoms with Crippen LogP contribution in [0, 0.1) is 0 Å². The zero-order valence-electron chi connectivity index (χ0n) is 11.2. The standard InChI is InChI=1S/C16H16BrNOS/c17-12-6-7-13(18-10-12)9-14(19)16-8-11-4-2-1-3-5-15(11)20-16/h6-8,10H,1-5,9H2. The van der Waals surface area contributed by atoms with Gasteiger partial charge in [-0.15, -0.1) is 11.3 Å². The zero-order chi connectivity index (χ0) is 13.9. The van der Waals surface area contributed by atoms with Gasteiger partial charge in [-0.2, -0.15) is 0 Å². The van der Waals surface area contributed by atoms with Crippen molar-refractivity contribution in [2.45, 2.75) is 38.5 Å². The van der Waals surface area contributed by atoms with E-state index in [1.54, 1.807) is 17.5 Å². The lowest BCUT2D eigenvalue weighted by Crippen LogP contribution is -2.02. The third kappa shape index (κ3) is 3.18. The van der Waals surface area contributed by atoms with Gasteiger partial charge in [0.05, 0.1) is 11.3 Å². The van der Waals surface area contributed by atoms with Gasteiger partial charge in [0, 0.05) is 21.2 Å². The second-order valence-electron chi connectivity index (χ2n) is 5.19. The van der Waals surface area contributed by atoms with Crippen LogP contribution in [0.2, 0.25) is 0 Å². The van der Waals surface area contributed by atoms with Crippen molar-refractivity contribution in [1.82, 2.24) is 4.98 Å². The highest BCUT2D eigenvalue weighted by Crippen LogP contribution is 2.29. The fraction of sp³-hybridized carbons (Fsp3) is 0.375. The van der Waals surface area contributed by atoms with Gasteiger partial charge in [0.2, 0.25) is 0 Å². The van der Waals surface area contributed by atoms with E-state index in [0.717, 1.165) is 27.9 Å². The van der Waals surface area contributed by atoms with Gasteiger partial charge in [-0.3, -0.25) is 9.78 Å². The fourth-order valence-electron chi connectivity index (χ4n) is 2.57. The first-order chi connectivity index (χ1) is 9.72. The molecule has 0 saturated carbocycles. The summed E-state index contributed by atoms with van der Waals surface area (Å²) in [6.45, 7) is 0. The van der Waals surface area contributed by atoms with E-state index in [4.69, 9.17) is 0 Å². The summed E-state index contributed by atoms with van der Waals surface area (Å²) in [6.07, 6.45) is 8.24. The second kappa shape index (κ2) is 6.19. The molecule has 0 atom stereocenters. The van der Waals surface area contributed by atoms with Crippen molar-refractivity contribution in [2.24, 2.45) is 0 Å². The summed E-state index contributed by atoms with van der Waals surface area (Å²) in [6, 6.07) is 5.95. The molecule has 0 aromatic carbocycles. The predicted molar refractivity (Wildman–Crippen MR) is 85.5 cm³/mol. The summed E-state index contributed by atoms with van der Waals surface area (Å²) >= 11 is 5.05. The van der Waals surface area contributed by atoms with Crippen LogP contribution in [-0.4, -0.2) is 10.8 Å². The molecule has 1 aliphatic carbocycles. The van der Waals surface area contributed by atoms with Gasteiger partial charge >= 0.3 is 0 Å². The Bertz CT molecular complexity index is 594. The van der Waals surface area contributed by atoms with Crippen molar-refractivity contribution in [3.63, 3.8) is 0 Å². The average molecular weight is 350 g/mol. The average Bonchev–Trinajstić information content (AvgIpc) is 2.73. The molecule has 2 nitrogen and oxygen atoms in total. The summed E-state index contributed by atoms with van der Waals surface area (Å²) in [5.41, 5.74) is 2.24. The molecule has 0 fully saturated rings. The molecule has 2 heterocycles. The first-order valence-electron chi connectivity index (χ1n) is 6.97. The molecule has 3 rings (SSSR count). The molecule has 0 spiro atoms. The van der Waals surface area contributed by atoms with Gasteiger partial charge in [0.15, 0.2) is 5.78 Å². The summed E-state index contributed by atoms with van der Waals surface area (Å²) in [4.78, 5) is 19.0. The van der Waals surface area contributed by atoms with Crippen molar-refractivity contribution >= 4 is 33.0 Å². The second-order valence-corrected chi connectivity index (χ2v) is 7.24. The lowest BCUT2D eigenvalue weighted by Gasteiger charge is -1.99. The van der Waals surface area contributed by atoms with E-state index in [2.05, 4.69) is 27.0 Å². The molecule has 0 unspecified atom stereocenters. The van der Waals surface area contributed by atoms with E-state index in [0.29, 0.717) is 6.42 Å². The van der Waals surface area contributed by atoms with Crippen LogP contribution < -0.4 is 0 Å². The van der Waals surface area contributed by atoms with E-state index in [9.17, 15) is 4.79 Å². The Morgan fingerprint density at radius 2 is 2.10 bits per heavy atom. The maximum Gasteiger partial charge on any atom is 0.178 e. The Balaban J connectivity index is 1.75. The summed E-state index contributed by atoms with van der Waals surface area (Å²) in [5.74, 6) is 0.192. The van der Waals surface area contributed by atoms with Gasteiger partial charge < -0.3 is 0 Å². The quantitative estimate of drug-likeness (QED) is 0.598. The lowest BCUT2D eigenvalue weighted by molar-refractivity contribution is 0.0995. The van der Waals surface area contributed by atoms with Crippen molar-refractivity contribution in [3.05, 3.63) is 49.9 Å². The van der Waals surface area contributed by atoms with E-state index < -0.39 is 0 Å². The number of carbonyl (C=O) groups is 1. The number of thiophene rings is 1. The Hall–Kier alpha value is -1.00. The molecule has 2 aromatic heterocycles. The van der Waals surface area contributed by atoms with Gasteiger partial charge in [-0.25, -0.2) is 0 Å². The van der Waals surface area contributed by atoms with Crippen LogP contribution in [-0.2, 0) is 19.3 Å². The van der Waals surface area contributed by atoms with E-state index in [-0.39, 0.29) is 5.78 Å². The summed E-state index contributed by atoms with van der Waals surface area (Å²) in [5, 5.41) is 0. The summed E-state index contributed by atoms with van der Waals surface area (Å²) in [7, 11) is 0. The smallest absolute Gasteiger partial charge is 0.178 e. The van der Waals surface area contributed by atoms with Crippen LogP contribution >= 0.6 is 27.3 Å². The van der Waals surface area contributed by atoms with Crippen molar-refractivity contribution in [3.8, 4) is 0 Å². The third-order valence-electron chi connectivity index (χ3n) is 3.65. The normalized spacial score (nSPS) is 14.7. The highest BCUT2D eigenvalue weighted by Gasteiger charge is 2.16. The largest absolute Gasteiger partial charge is 0.293 e. The molecule has 4 heteroatoms. The molecule has 104 valence electrons. The molecule has 0 bridgehead atoms. The van der Waals surface area contributed by atoms with Crippen LogP contribution in [0.4, 0.5) is 0 Å². The monoisotopic (exact) mass is 349 g/mol. The van der Waals surface area contributed by atoms with Gasteiger partial charge in [0.1, 0.15) is 0 Å². The van der Waals surface area contributed by atoms with Crippen LogP contribution in [0.15, 0.2) is 28.9 Å². The molecule has 0 saturated heterocycles. The first-order valence-corrected chi connectivity index (χ1v) is 8.58. The Morgan fingerprint density at radius 1 is 1.25 bits per heavy atom. The van der Waals surface area contributed by atoms with Gasteiger partial charge in [-0.1, -0.05) is 6.42 Å². The lowest BCUT2D eigenvalue weighted by atomic mass is 10.1. The topological polar surface area (TPSA) is 30.0 Å². The molecule has 0 N–H and O–H groups in total. The molecular weight excluding hydrogens is 334 g/mol. The van der Waals surface area contributed by atoms with Gasteiger partial charge in [-0.05, 0) is 65.4 Å². The maximum atomic E-state index is 12.4. The Labute approximate surface area is 131 Å². The Kier molecular flexibility index (Phi) is 4.32.